The van der Waals surface area contributed by atoms with Gasteiger partial charge in [-0.25, -0.2) is 4.39 Å². The van der Waals surface area contributed by atoms with Gasteiger partial charge >= 0.3 is 0 Å². The molecule has 1 aliphatic rings. The molecule has 1 aliphatic heterocycles. The lowest BCUT2D eigenvalue weighted by atomic mass is 9.88. The van der Waals surface area contributed by atoms with Crippen molar-refractivity contribution in [1.82, 2.24) is 5.32 Å². The van der Waals surface area contributed by atoms with Gasteiger partial charge in [-0.2, -0.15) is 0 Å². The Morgan fingerprint density at radius 2 is 2.05 bits per heavy atom. The van der Waals surface area contributed by atoms with Crippen molar-refractivity contribution in [3.05, 3.63) is 35.1 Å². The number of benzene rings is 1. The lowest BCUT2D eigenvalue weighted by Crippen LogP contribution is -2.42. The minimum Gasteiger partial charge on any atom is -0.392 e. The summed E-state index contributed by atoms with van der Waals surface area (Å²) >= 11 is 0. The summed E-state index contributed by atoms with van der Waals surface area (Å²) in [5.41, 5.74) is 0.772. The Bertz CT molecular complexity index is 489. The van der Waals surface area contributed by atoms with Crippen LogP contribution in [-0.2, 0) is 4.74 Å². The molecule has 1 heterocycles. The first-order valence-electron chi connectivity index (χ1n) is 7.87. The van der Waals surface area contributed by atoms with Crippen LogP contribution in [-0.4, -0.2) is 41.7 Å². The SMILES string of the molecule is Cc1cc([C@@H](C)NCC(O)CC2(O)CCOCC2)ccc1F. The summed E-state index contributed by atoms with van der Waals surface area (Å²) in [4.78, 5) is 0. The highest BCUT2D eigenvalue weighted by atomic mass is 19.1. The van der Waals surface area contributed by atoms with E-state index in [0.29, 0.717) is 44.6 Å². The van der Waals surface area contributed by atoms with Crippen molar-refractivity contribution in [1.29, 1.82) is 0 Å². The molecule has 2 rings (SSSR count). The van der Waals surface area contributed by atoms with Crippen LogP contribution in [0.15, 0.2) is 18.2 Å². The average Bonchev–Trinajstić information content (AvgIpc) is 2.48. The number of hydrogen-bond acceptors (Lipinski definition) is 4. The maximum Gasteiger partial charge on any atom is 0.126 e. The van der Waals surface area contributed by atoms with E-state index < -0.39 is 11.7 Å². The summed E-state index contributed by atoms with van der Waals surface area (Å²) in [7, 11) is 0. The fourth-order valence-corrected chi connectivity index (χ4v) is 2.83. The van der Waals surface area contributed by atoms with Crippen molar-refractivity contribution in [2.24, 2.45) is 0 Å². The Hall–Kier alpha value is -1.01. The zero-order chi connectivity index (χ0) is 16.2. The van der Waals surface area contributed by atoms with Crippen LogP contribution in [0.1, 0.15) is 43.4 Å². The van der Waals surface area contributed by atoms with Crippen LogP contribution in [0.5, 0.6) is 0 Å². The topological polar surface area (TPSA) is 61.7 Å². The van der Waals surface area contributed by atoms with E-state index in [1.54, 1.807) is 13.0 Å². The molecule has 0 spiro atoms. The highest BCUT2D eigenvalue weighted by molar-refractivity contribution is 5.26. The molecular weight excluding hydrogens is 285 g/mol. The summed E-state index contributed by atoms with van der Waals surface area (Å²) in [5, 5.41) is 23.8. The number of aliphatic hydroxyl groups is 2. The van der Waals surface area contributed by atoms with E-state index in [-0.39, 0.29) is 11.9 Å². The quantitative estimate of drug-likeness (QED) is 0.753. The fourth-order valence-electron chi connectivity index (χ4n) is 2.83. The van der Waals surface area contributed by atoms with Crippen LogP contribution in [0.4, 0.5) is 4.39 Å². The monoisotopic (exact) mass is 311 g/mol. The third-order valence-electron chi connectivity index (χ3n) is 4.38. The largest absolute Gasteiger partial charge is 0.392 e. The predicted molar refractivity (Wildman–Crippen MR) is 83.2 cm³/mol. The van der Waals surface area contributed by atoms with Gasteiger partial charge in [0.2, 0.25) is 0 Å². The van der Waals surface area contributed by atoms with Crippen molar-refractivity contribution in [3.63, 3.8) is 0 Å². The van der Waals surface area contributed by atoms with Gasteiger partial charge in [0.25, 0.3) is 0 Å². The van der Waals surface area contributed by atoms with E-state index in [1.165, 1.54) is 6.07 Å². The van der Waals surface area contributed by atoms with Gasteiger partial charge in [0, 0.05) is 32.2 Å². The zero-order valence-corrected chi connectivity index (χ0v) is 13.3. The Labute approximate surface area is 131 Å². The Morgan fingerprint density at radius 1 is 1.36 bits per heavy atom. The van der Waals surface area contributed by atoms with E-state index in [1.807, 2.05) is 13.0 Å². The first kappa shape index (κ1) is 17.3. The maximum atomic E-state index is 13.3. The van der Waals surface area contributed by atoms with Gasteiger partial charge in [-0.3, -0.25) is 0 Å². The molecule has 22 heavy (non-hydrogen) atoms. The second-order valence-electron chi connectivity index (χ2n) is 6.33. The molecule has 1 aromatic carbocycles. The molecule has 1 aromatic rings. The predicted octanol–water partition coefficient (Wildman–Crippen LogP) is 2.08. The summed E-state index contributed by atoms with van der Waals surface area (Å²) in [5.74, 6) is -0.210. The highest BCUT2D eigenvalue weighted by Crippen LogP contribution is 2.25. The summed E-state index contributed by atoms with van der Waals surface area (Å²) in [6, 6.07) is 5.03. The second-order valence-corrected chi connectivity index (χ2v) is 6.33. The molecule has 0 amide bonds. The van der Waals surface area contributed by atoms with Gasteiger partial charge < -0.3 is 20.3 Å². The first-order chi connectivity index (χ1) is 10.4. The van der Waals surface area contributed by atoms with E-state index in [4.69, 9.17) is 4.74 Å². The smallest absolute Gasteiger partial charge is 0.126 e. The molecule has 0 radical (unpaired) electrons. The van der Waals surface area contributed by atoms with Crippen LogP contribution in [0.3, 0.4) is 0 Å². The molecule has 4 nitrogen and oxygen atoms in total. The molecule has 2 atom stereocenters. The van der Waals surface area contributed by atoms with Crippen LogP contribution in [0, 0.1) is 12.7 Å². The number of rotatable bonds is 6. The van der Waals surface area contributed by atoms with Crippen LogP contribution < -0.4 is 5.32 Å². The number of nitrogens with one attached hydrogen (secondary N) is 1. The molecule has 1 fully saturated rings. The number of aryl methyl sites for hydroxylation is 1. The summed E-state index contributed by atoms with van der Waals surface area (Å²) in [6.45, 7) is 5.19. The third-order valence-corrected chi connectivity index (χ3v) is 4.38. The zero-order valence-electron chi connectivity index (χ0n) is 13.3. The van der Waals surface area contributed by atoms with Gasteiger partial charge in [-0.05, 0) is 43.9 Å². The number of halogens is 1. The second kappa shape index (κ2) is 7.51. The van der Waals surface area contributed by atoms with Crippen LogP contribution in [0.25, 0.3) is 0 Å². The Kier molecular flexibility index (Phi) is 5.92. The minimum atomic E-state index is -0.824. The van der Waals surface area contributed by atoms with Crippen molar-refractivity contribution in [3.8, 4) is 0 Å². The Balaban J connectivity index is 1.82. The number of aliphatic hydroxyl groups excluding tert-OH is 1. The van der Waals surface area contributed by atoms with Gasteiger partial charge in [0.05, 0.1) is 11.7 Å². The number of ether oxygens (including phenoxy) is 1. The van der Waals surface area contributed by atoms with Crippen LogP contribution >= 0.6 is 0 Å². The van der Waals surface area contributed by atoms with E-state index >= 15 is 0 Å². The fraction of sp³-hybridized carbons (Fsp3) is 0.647. The first-order valence-corrected chi connectivity index (χ1v) is 7.87. The molecular formula is C17H26FNO3. The lowest BCUT2D eigenvalue weighted by Gasteiger charge is -2.34. The summed E-state index contributed by atoms with van der Waals surface area (Å²) in [6.07, 6.45) is 0.860. The maximum absolute atomic E-state index is 13.3. The minimum absolute atomic E-state index is 0.0123. The van der Waals surface area contributed by atoms with Gasteiger partial charge in [0.1, 0.15) is 5.82 Å². The number of hydrogen-bond donors (Lipinski definition) is 3. The van der Waals surface area contributed by atoms with Gasteiger partial charge in [-0.15, -0.1) is 0 Å². The normalized spacial score (nSPS) is 20.6. The summed E-state index contributed by atoms with van der Waals surface area (Å²) < 4.78 is 18.5. The lowest BCUT2D eigenvalue weighted by molar-refractivity contribution is -0.0862. The molecule has 124 valence electrons. The molecule has 0 bridgehead atoms. The van der Waals surface area contributed by atoms with Crippen molar-refractivity contribution in [2.45, 2.75) is 50.9 Å². The molecule has 0 aromatic heterocycles. The van der Waals surface area contributed by atoms with Crippen molar-refractivity contribution < 1.29 is 19.3 Å². The Morgan fingerprint density at radius 3 is 2.68 bits per heavy atom. The highest BCUT2D eigenvalue weighted by Gasteiger charge is 2.32. The molecule has 0 saturated carbocycles. The van der Waals surface area contributed by atoms with E-state index in [2.05, 4.69) is 5.32 Å². The van der Waals surface area contributed by atoms with Gasteiger partial charge in [-0.1, -0.05) is 12.1 Å². The molecule has 3 N–H and O–H groups in total. The van der Waals surface area contributed by atoms with Crippen LogP contribution in [0.2, 0.25) is 0 Å². The molecule has 1 unspecified atom stereocenters. The van der Waals surface area contributed by atoms with Crippen molar-refractivity contribution in [2.75, 3.05) is 19.8 Å². The van der Waals surface area contributed by atoms with E-state index in [9.17, 15) is 14.6 Å². The van der Waals surface area contributed by atoms with Gasteiger partial charge in [0.15, 0.2) is 0 Å². The van der Waals surface area contributed by atoms with Crippen molar-refractivity contribution >= 4 is 0 Å². The molecule has 0 aliphatic carbocycles. The average molecular weight is 311 g/mol. The molecule has 1 saturated heterocycles. The standard InChI is InChI=1S/C17H26FNO3/c1-12-9-14(3-4-16(12)18)13(2)19-11-15(20)10-17(21)5-7-22-8-6-17/h3-4,9,13,15,19-21H,5-8,10-11H2,1-2H3/t13-,15?/m1/s1. The van der Waals surface area contributed by atoms with E-state index in [0.717, 1.165) is 5.56 Å². The third kappa shape index (κ3) is 4.74. The molecule has 5 heteroatoms.